The molecule has 0 atom stereocenters. The molecule has 68 valence electrons. The van der Waals surface area contributed by atoms with Crippen molar-refractivity contribution in [2.24, 2.45) is 5.92 Å². The van der Waals surface area contributed by atoms with Crippen molar-refractivity contribution in [1.29, 1.82) is 0 Å². The fraction of sp³-hybridized carbons (Fsp3) is 0.750. The highest BCUT2D eigenvalue weighted by Gasteiger charge is 2.15. The summed E-state index contributed by atoms with van der Waals surface area (Å²) in [5.41, 5.74) is 0. The average Bonchev–Trinajstić information content (AvgIpc) is 2.11. The molecule has 1 aliphatic heterocycles. The van der Waals surface area contributed by atoms with Gasteiger partial charge in [0.15, 0.2) is 0 Å². The van der Waals surface area contributed by atoms with Crippen LogP contribution < -0.4 is 0 Å². The Labute approximate surface area is 70.8 Å². The fourth-order valence-electron chi connectivity index (χ4n) is 0.867. The Balaban J connectivity index is 2.46. The van der Waals surface area contributed by atoms with Crippen LogP contribution in [0.4, 0.5) is 0 Å². The molecule has 0 aromatic rings. The first-order valence-electron chi connectivity index (χ1n) is 3.99. The van der Waals surface area contributed by atoms with Crippen LogP contribution in [-0.2, 0) is 19.1 Å². The first-order chi connectivity index (χ1) is 5.68. The molecule has 0 radical (unpaired) electrons. The summed E-state index contributed by atoms with van der Waals surface area (Å²) in [7, 11) is 0. The first kappa shape index (κ1) is 9.03. The number of esters is 2. The highest BCUT2D eigenvalue weighted by molar-refractivity contribution is 5.77. The molecule has 1 aliphatic rings. The molecule has 12 heavy (non-hydrogen) atoms. The van der Waals surface area contributed by atoms with Crippen molar-refractivity contribution in [3.63, 3.8) is 0 Å². The van der Waals surface area contributed by atoms with E-state index in [2.05, 4.69) is 0 Å². The van der Waals surface area contributed by atoms with Gasteiger partial charge >= 0.3 is 11.9 Å². The molecule has 0 bridgehead atoms. The van der Waals surface area contributed by atoms with Gasteiger partial charge in [-0.15, -0.1) is 0 Å². The van der Waals surface area contributed by atoms with Gasteiger partial charge in [0.25, 0.3) is 0 Å². The number of hydrogen-bond acceptors (Lipinski definition) is 4. The Kier molecular flexibility index (Phi) is 3.08. The number of ether oxygens (including phenoxy) is 2. The van der Waals surface area contributed by atoms with Gasteiger partial charge in [0, 0.05) is 5.92 Å². The minimum Gasteiger partial charge on any atom is -0.465 e. The van der Waals surface area contributed by atoms with Crippen molar-refractivity contribution in [3.8, 4) is 0 Å². The molecule has 1 saturated heterocycles. The summed E-state index contributed by atoms with van der Waals surface area (Å²) in [6.07, 6.45) is 0.261. The first-order valence-corrected chi connectivity index (χ1v) is 3.99. The monoisotopic (exact) mass is 172 g/mol. The van der Waals surface area contributed by atoms with Gasteiger partial charge in [-0.05, 0) is 0 Å². The molecule has 0 spiro atoms. The zero-order valence-corrected chi connectivity index (χ0v) is 7.04. The van der Waals surface area contributed by atoms with Crippen molar-refractivity contribution in [1.82, 2.24) is 0 Å². The molecule has 0 aromatic carbocycles. The molecule has 0 aromatic heterocycles. The van der Waals surface area contributed by atoms with E-state index in [4.69, 9.17) is 9.47 Å². The summed E-state index contributed by atoms with van der Waals surface area (Å²) in [6.45, 7) is 2.55. The van der Waals surface area contributed by atoms with E-state index < -0.39 is 0 Å². The van der Waals surface area contributed by atoms with Crippen LogP contribution in [0.3, 0.4) is 0 Å². The van der Waals surface area contributed by atoms with Gasteiger partial charge in [0.2, 0.25) is 0 Å². The van der Waals surface area contributed by atoms with Crippen LogP contribution >= 0.6 is 0 Å². The summed E-state index contributed by atoms with van der Waals surface area (Å²) in [6, 6.07) is 0. The Bertz CT molecular complexity index is 167. The highest BCUT2D eigenvalue weighted by Crippen LogP contribution is 2.05. The number of rotatable bonds is 0. The zero-order valence-electron chi connectivity index (χ0n) is 7.04. The minimum atomic E-state index is -0.319. The van der Waals surface area contributed by atoms with Crippen molar-refractivity contribution in [2.75, 3.05) is 13.2 Å². The number of hydrogen-bond donors (Lipinski definition) is 0. The largest absolute Gasteiger partial charge is 0.465 e. The van der Waals surface area contributed by atoms with E-state index >= 15 is 0 Å². The van der Waals surface area contributed by atoms with Crippen LogP contribution in [0.1, 0.15) is 19.8 Å². The molecular formula is C8H12O4. The van der Waals surface area contributed by atoms with E-state index in [0.29, 0.717) is 13.2 Å². The molecule has 4 nitrogen and oxygen atoms in total. The predicted octanol–water partition coefficient (Wildman–Crippen LogP) is 0.503. The van der Waals surface area contributed by atoms with Crippen LogP contribution in [0.25, 0.3) is 0 Å². The standard InChI is InChI=1S/C8H12O4/c1-6-4-11-7(9)2-3-8(10)12-5-6/h6H,2-5H2,1H3. The maximum absolute atomic E-state index is 10.8. The van der Waals surface area contributed by atoms with Crippen molar-refractivity contribution >= 4 is 11.9 Å². The summed E-state index contributed by atoms with van der Waals surface area (Å²) in [4.78, 5) is 21.7. The minimum absolute atomic E-state index is 0.0935. The van der Waals surface area contributed by atoms with Gasteiger partial charge in [-0.25, -0.2) is 0 Å². The van der Waals surface area contributed by atoms with E-state index in [1.54, 1.807) is 0 Å². The SMILES string of the molecule is CC1COC(=O)CCC(=O)OC1. The van der Waals surface area contributed by atoms with Crippen LogP contribution in [0.15, 0.2) is 0 Å². The fourth-order valence-corrected chi connectivity index (χ4v) is 0.867. The Morgan fingerprint density at radius 1 is 1.08 bits per heavy atom. The molecule has 0 unspecified atom stereocenters. The Morgan fingerprint density at radius 3 is 1.92 bits per heavy atom. The molecule has 1 heterocycles. The molecule has 0 amide bonds. The average molecular weight is 172 g/mol. The second-order valence-electron chi connectivity index (χ2n) is 2.97. The van der Waals surface area contributed by atoms with E-state index in [1.165, 1.54) is 0 Å². The third kappa shape index (κ3) is 2.90. The number of cyclic esters (lactones) is 2. The third-order valence-corrected chi connectivity index (χ3v) is 1.59. The molecule has 4 heteroatoms. The molecular weight excluding hydrogens is 160 g/mol. The predicted molar refractivity (Wildman–Crippen MR) is 40.3 cm³/mol. The van der Waals surface area contributed by atoms with Crippen molar-refractivity contribution < 1.29 is 19.1 Å². The summed E-state index contributed by atoms with van der Waals surface area (Å²) in [5.74, 6) is -0.544. The highest BCUT2D eigenvalue weighted by atomic mass is 16.5. The quantitative estimate of drug-likeness (QED) is 0.499. The van der Waals surface area contributed by atoms with E-state index in [1.807, 2.05) is 6.92 Å². The van der Waals surface area contributed by atoms with Crippen LogP contribution in [0, 0.1) is 5.92 Å². The second-order valence-corrected chi connectivity index (χ2v) is 2.97. The van der Waals surface area contributed by atoms with Gasteiger partial charge in [-0.3, -0.25) is 9.59 Å². The molecule has 1 rings (SSSR count). The smallest absolute Gasteiger partial charge is 0.306 e. The maximum Gasteiger partial charge on any atom is 0.306 e. The Morgan fingerprint density at radius 2 is 1.50 bits per heavy atom. The molecule has 0 N–H and O–H groups in total. The molecule has 0 saturated carbocycles. The summed E-state index contributed by atoms with van der Waals surface area (Å²) >= 11 is 0. The maximum atomic E-state index is 10.8. The lowest BCUT2D eigenvalue weighted by Crippen LogP contribution is -2.14. The van der Waals surface area contributed by atoms with Crippen molar-refractivity contribution in [2.45, 2.75) is 19.8 Å². The summed E-state index contributed by atoms with van der Waals surface area (Å²) in [5, 5.41) is 0. The normalized spacial score (nSPS) is 21.8. The molecule has 0 aliphatic carbocycles. The Hall–Kier alpha value is -1.06. The second kappa shape index (κ2) is 4.09. The van der Waals surface area contributed by atoms with Crippen LogP contribution in [0.5, 0.6) is 0 Å². The van der Waals surface area contributed by atoms with Gasteiger partial charge in [-0.2, -0.15) is 0 Å². The van der Waals surface area contributed by atoms with Crippen LogP contribution in [-0.4, -0.2) is 25.2 Å². The van der Waals surface area contributed by atoms with Crippen molar-refractivity contribution in [3.05, 3.63) is 0 Å². The lowest BCUT2D eigenvalue weighted by molar-refractivity contribution is -0.147. The third-order valence-electron chi connectivity index (χ3n) is 1.59. The van der Waals surface area contributed by atoms with Gasteiger partial charge in [0.1, 0.15) is 0 Å². The lowest BCUT2D eigenvalue weighted by Gasteiger charge is -2.08. The van der Waals surface area contributed by atoms with Gasteiger partial charge in [0.05, 0.1) is 26.1 Å². The van der Waals surface area contributed by atoms with Crippen LogP contribution in [0.2, 0.25) is 0 Å². The zero-order chi connectivity index (χ0) is 8.97. The number of carbonyl (C=O) groups excluding carboxylic acids is 2. The van der Waals surface area contributed by atoms with E-state index in [-0.39, 0.29) is 30.7 Å². The topological polar surface area (TPSA) is 52.6 Å². The van der Waals surface area contributed by atoms with E-state index in [0.717, 1.165) is 0 Å². The number of carbonyl (C=O) groups is 2. The van der Waals surface area contributed by atoms with Gasteiger partial charge < -0.3 is 9.47 Å². The van der Waals surface area contributed by atoms with Gasteiger partial charge in [-0.1, -0.05) is 6.92 Å². The summed E-state index contributed by atoms with van der Waals surface area (Å²) < 4.78 is 9.70. The molecule has 1 fully saturated rings. The lowest BCUT2D eigenvalue weighted by atomic mass is 10.2. The van der Waals surface area contributed by atoms with E-state index in [9.17, 15) is 9.59 Å².